The lowest BCUT2D eigenvalue weighted by Crippen LogP contribution is -2.03. The van der Waals surface area contributed by atoms with Crippen LogP contribution in [0.5, 0.6) is 0 Å². The highest BCUT2D eigenvalue weighted by Gasteiger charge is 2.30. The molecule has 21 aromatic carbocycles. The Labute approximate surface area is 806 Å². The van der Waals surface area contributed by atoms with Crippen molar-refractivity contribution in [2.75, 3.05) is 0 Å². The maximum atomic E-state index is 6.55. The lowest BCUT2D eigenvalue weighted by atomic mass is 10.0. The fraction of sp³-hybridized carbons (Fsp3) is 0. The molecular weight excluding hydrogens is 1770 g/mol. The summed E-state index contributed by atoms with van der Waals surface area (Å²) in [5.41, 5.74) is 20.2. The lowest BCUT2D eigenvalue weighted by molar-refractivity contribution is 0.651. The van der Waals surface area contributed by atoms with Crippen molar-refractivity contribution in [1.82, 2.24) is 43.6 Å². The fourth-order valence-electron chi connectivity index (χ4n) is 22.6. The molecule has 0 bridgehead atoms. The molecule has 0 saturated carbocycles. The van der Waals surface area contributed by atoms with Gasteiger partial charge >= 0.3 is 0 Å². The average Bonchev–Trinajstić information content (AvgIpc) is 1.56. The van der Waals surface area contributed by atoms with Gasteiger partial charge in [0.1, 0.15) is 44.7 Å². The maximum Gasteiger partial charge on any atom is 0.238 e. The number of hydrogen-bond donors (Lipinski definition) is 0. The number of hydrogen-bond acceptors (Lipinski definition) is 12. The van der Waals surface area contributed by atoms with Gasteiger partial charge in [-0.3, -0.25) is 13.7 Å². The molecule has 12 aromatic heterocycles. The van der Waals surface area contributed by atoms with E-state index in [0.29, 0.717) is 29.1 Å². The van der Waals surface area contributed by atoms with Gasteiger partial charge in [0.2, 0.25) is 23.6 Å². The van der Waals surface area contributed by atoms with Crippen LogP contribution in [-0.2, 0) is 0 Å². The van der Waals surface area contributed by atoms with E-state index in [0.717, 1.165) is 170 Å². The van der Waals surface area contributed by atoms with Gasteiger partial charge in [0.05, 0.1) is 60.1 Å². The summed E-state index contributed by atoms with van der Waals surface area (Å²) in [4.78, 5) is 32.4. The molecule has 0 aliphatic carbocycles. The lowest BCUT2D eigenvalue weighted by Gasteiger charge is -2.11. The summed E-state index contributed by atoms with van der Waals surface area (Å²) in [5.74, 6) is 1.86. The van der Waals surface area contributed by atoms with Gasteiger partial charge < -0.3 is 17.7 Å². The zero-order chi connectivity index (χ0) is 91.9. The smallest absolute Gasteiger partial charge is 0.238 e. The Bertz CT molecular complexity index is 10900. The number of para-hydroxylation sites is 4. The van der Waals surface area contributed by atoms with Crippen LogP contribution in [0.4, 0.5) is 0 Å². The summed E-state index contributed by atoms with van der Waals surface area (Å²) < 4.78 is 37.0. The van der Waals surface area contributed by atoms with Crippen molar-refractivity contribution in [2.45, 2.75) is 0 Å². The second-order valence-electron chi connectivity index (χ2n) is 36.4. The maximum absolute atomic E-state index is 6.55. The molecule has 15 heteroatoms. The average molecular weight is 1840 g/mol. The molecule has 0 radical (unpaired) electrons. The summed E-state index contributed by atoms with van der Waals surface area (Å²) in [5, 5.41) is 32.3. The molecule has 33 aromatic rings. The van der Waals surface area contributed by atoms with Crippen molar-refractivity contribution in [3.05, 3.63) is 419 Å². The van der Waals surface area contributed by atoms with Gasteiger partial charge in [0.15, 0.2) is 5.58 Å². The normalized spacial score (nSPS) is 12.3. The third-order valence-electron chi connectivity index (χ3n) is 28.8. The molecular formula is C126H69N9O4S2. The fourth-order valence-corrected chi connectivity index (χ4v) is 25.0. The van der Waals surface area contributed by atoms with E-state index in [1.165, 1.54) is 111 Å². The number of benzene rings is 21. The molecule has 12 heterocycles. The van der Waals surface area contributed by atoms with Gasteiger partial charge in [-0.1, -0.05) is 322 Å². The summed E-state index contributed by atoms with van der Waals surface area (Å²) >= 11 is 3.57. The van der Waals surface area contributed by atoms with Gasteiger partial charge in [-0.2, -0.15) is 4.98 Å². The first-order valence-corrected chi connectivity index (χ1v) is 48.9. The number of thiophene rings is 2. The Balaban J connectivity index is 0.0000000972. The third-order valence-corrected chi connectivity index (χ3v) is 31.2. The van der Waals surface area contributed by atoms with Crippen LogP contribution in [0.1, 0.15) is 0 Å². The SMILES string of the molecule is c1ccc2c(c1)ccc1c2c2ccc3ccccc3c2n1-c1nc(-c2ccc3oc4ccccc4c3c2)c2oc3ccccc3c2n1.c1ccc2c(c1)ccc1c2c2ccc3ccccc3c2n1-c1nc(-c2ccc3oc4ccccc4c3c2)c2sc3ccccc3c2n1.c1ccc2c(c1)ccc1c2c2ccc3ccccc3c2n1-c1nc(-c2cccc3c2sc2ccccc23)c2c(n1)oc1ccccc12. The number of fused-ring (bicyclic) bond motifs is 39. The van der Waals surface area contributed by atoms with Gasteiger partial charge in [-0.15, -0.1) is 22.7 Å². The molecule has 0 aliphatic rings. The van der Waals surface area contributed by atoms with E-state index in [1.807, 2.05) is 78.1 Å². The van der Waals surface area contributed by atoms with Crippen molar-refractivity contribution in [3.63, 3.8) is 0 Å². The van der Waals surface area contributed by atoms with Crippen LogP contribution in [0, 0.1) is 0 Å². The van der Waals surface area contributed by atoms with Crippen molar-refractivity contribution in [3.8, 4) is 51.6 Å². The Hall–Kier alpha value is -18.5. The molecule has 33 rings (SSSR count). The second-order valence-corrected chi connectivity index (χ2v) is 38.5. The van der Waals surface area contributed by atoms with Crippen molar-refractivity contribution < 1.29 is 17.7 Å². The molecule has 0 fully saturated rings. The minimum Gasteiger partial charge on any atom is -0.456 e. The Morgan fingerprint density at radius 1 is 0.199 bits per heavy atom. The van der Waals surface area contributed by atoms with Crippen LogP contribution < -0.4 is 0 Å². The van der Waals surface area contributed by atoms with Gasteiger partial charge in [0, 0.05) is 128 Å². The van der Waals surface area contributed by atoms with Crippen LogP contribution in [0.25, 0.3) is 310 Å². The molecule has 0 amide bonds. The van der Waals surface area contributed by atoms with Crippen LogP contribution in [0.3, 0.4) is 0 Å². The van der Waals surface area contributed by atoms with Gasteiger partial charge in [-0.25, -0.2) is 24.9 Å². The zero-order valence-electron chi connectivity index (χ0n) is 74.8. The Morgan fingerprint density at radius 2 is 0.553 bits per heavy atom. The predicted molar refractivity (Wildman–Crippen MR) is 585 cm³/mol. The quantitative estimate of drug-likeness (QED) is 0.158. The number of furan rings is 4. The monoisotopic (exact) mass is 1840 g/mol. The van der Waals surface area contributed by atoms with Crippen LogP contribution >= 0.6 is 22.7 Å². The second kappa shape index (κ2) is 30.0. The van der Waals surface area contributed by atoms with Crippen LogP contribution in [0.2, 0.25) is 0 Å². The molecule has 0 saturated heterocycles. The third kappa shape index (κ3) is 11.5. The highest BCUT2D eigenvalue weighted by molar-refractivity contribution is 7.26. The first-order chi connectivity index (χ1) is 69.9. The summed E-state index contributed by atoms with van der Waals surface area (Å²) in [6.45, 7) is 0. The largest absolute Gasteiger partial charge is 0.456 e. The van der Waals surface area contributed by atoms with E-state index in [4.69, 9.17) is 47.6 Å². The first-order valence-electron chi connectivity index (χ1n) is 47.3. The minimum atomic E-state index is 0.584. The summed E-state index contributed by atoms with van der Waals surface area (Å²) in [6, 6.07) is 147. The van der Waals surface area contributed by atoms with E-state index >= 15 is 0 Å². The summed E-state index contributed by atoms with van der Waals surface area (Å²) in [6.07, 6.45) is 0. The van der Waals surface area contributed by atoms with E-state index in [-0.39, 0.29) is 0 Å². The topological polar surface area (TPSA) is 145 Å². The first kappa shape index (κ1) is 77.7. The molecule has 0 spiro atoms. The molecule has 13 nitrogen and oxygen atoms in total. The molecule has 0 unspecified atom stereocenters. The Kier molecular flexibility index (Phi) is 16.5. The minimum absolute atomic E-state index is 0.584. The van der Waals surface area contributed by atoms with Crippen molar-refractivity contribution >= 4 is 281 Å². The summed E-state index contributed by atoms with van der Waals surface area (Å²) in [7, 11) is 0. The van der Waals surface area contributed by atoms with Gasteiger partial charge in [-0.05, 0) is 146 Å². The van der Waals surface area contributed by atoms with Crippen LogP contribution in [-0.4, -0.2) is 43.6 Å². The van der Waals surface area contributed by atoms with E-state index in [1.54, 1.807) is 11.3 Å². The van der Waals surface area contributed by atoms with E-state index < -0.39 is 0 Å². The zero-order valence-corrected chi connectivity index (χ0v) is 76.4. The molecule has 0 atom stereocenters. The highest BCUT2D eigenvalue weighted by Crippen LogP contribution is 2.51. The Morgan fingerprint density at radius 3 is 1.06 bits per heavy atom. The van der Waals surface area contributed by atoms with Gasteiger partial charge in [0.25, 0.3) is 0 Å². The molecule has 654 valence electrons. The van der Waals surface area contributed by atoms with E-state index in [9.17, 15) is 0 Å². The van der Waals surface area contributed by atoms with Crippen molar-refractivity contribution in [2.24, 2.45) is 0 Å². The number of rotatable bonds is 6. The van der Waals surface area contributed by atoms with Crippen molar-refractivity contribution in [1.29, 1.82) is 0 Å². The predicted octanol–water partition coefficient (Wildman–Crippen LogP) is 35.0. The molecule has 0 aliphatic heterocycles. The molecule has 141 heavy (non-hydrogen) atoms. The van der Waals surface area contributed by atoms with E-state index in [2.05, 4.69) is 366 Å². The molecule has 0 N–H and O–H groups in total. The standard InChI is InChI=1S/C42H23N3O2.2C42H23N3OS/c1-3-11-27-24(9-1)18-21-33-37(27)31-20-17-25-10-2-4-12-28(25)40(31)45(33)42-43-38(41-39(44-42)30-14-6-8-16-35(30)47-41)26-19-22-36-32(23-26)29-13-5-7-15-34(29)46-36;1-3-12-26-24(10-1)21-23-33-36(26)31-22-20-25-11-2-4-13-27(25)39(31)45(33)42-43-38(37-30-15-5-7-18-34(30)46-41(37)44-42)32-17-9-16-29-28-14-6-8-19-35(28)47-40(29)32;1-3-11-27-24(9-1)18-21-33-37(27)31-20-17-25-10-2-4-12-28(25)40(31)45(33)42-43-38(41-39(44-42)30-14-6-8-16-36(30)47-41)26-19-22-35-32(23-26)29-13-5-7-15-34(29)46-35/h3*1-23H. The highest BCUT2D eigenvalue weighted by atomic mass is 32.1. The number of aromatic nitrogens is 9. The number of nitrogens with zero attached hydrogens (tertiary/aromatic N) is 9. The van der Waals surface area contributed by atoms with Crippen LogP contribution in [0.15, 0.2) is 436 Å².